The van der Waals surface area contributed by atoms with E-state index in [-0.39, 0.29) is 31.1 Å². The normalized spacial score (nSPS) is 19.7. The number of fused-ring (bicyclic) bond motifs is 1. The number of anilines is 1. The first kappa shape index (κ1) is 29.5. The van der Waals surface area contributed by atoms with Crippen molar-refractivity contribution in [2.45, 2.75) is 51.9 Å². The summed E-state index contributed by atoms with van der Waals surface area (Å²) in [7, 11) is 0. The Bertz CT molecular complexity index is 1510. The smallest absolute Gasteiger partial charge is 0.261 e. The van der Waals surface area contributed by atoms with Crippen LogP contribution in [0.1, 0.15) is 41.9 Å². The van der Waals surface area contributed by atoms with Crippen molar-refractivity contribution < 1.29 is 18.3 Å². The zero-order valence-corrected chi connectivity index (χ0v) is 24.1. The van der Waals surface area contributed by atoms with Gasteiger partial charge in [-0.05, 0) is 63.2 Å². The molecule has 42 heavy (non-hydrogen) atoms. The fourth-order valence-corrected chi connectivity index (χ4v) is 5.01. The van der Waals surface area contributed by atoms with E-state index in [1.165, 1.54) is 0 Å². The van der Waals surface area contributed by atoms with Crippen LogP contribution in [0.15, 0.2) is 66.9 Å². The van der Waals surface area contributed by atoms with Crippen molar-refractivity contribution in [2.24, 2.45) is 0 Å². The molecule has 2 fully saturated rings. The lowest BCUT2D eigenvalue weighted by Gasteiger charge is -2.36. The molecule has 10 heteroatoms. The van der Waals surface area contributed by atoms with Gasteiger partial charge < -0.3 is 20.3 Å². The number of aromatic nitrogens is 3. The Balaban J connectivity index is 0.000000442. The molecule has 0 radical (unpaired) electrons. The molecule has 220 valence electrons. The topological polar surface area (TPSA) is 92.3 Å². The van der Waals surface area contributed by atoms with Crippen LogP contribution in [0.3, 0.4) is 0 Å². The fraction of sp³-hybridized carbons (Fsp3) is 0.375. The molecule has 0 spiro atoms. The zero-order chi connectivity index (χ0) is 29.7. The second-order valence-corrected chi connectivity index (χ2v) is 10.9. The van der Waals surface area contributed by atoms with Crippen molar-refractivity contribution in [1.29, 1.82) is 0 Å². The Hall–Kier alpha value is -4.02. The number of morpholine rings is 1. The second-order valence-electron chi connectivity index (χ2n) is 10.9. The second kappa shape index (κ2) is 12.9. The molecule has 0 saturated carbocycles. The van der Waals surface area contributed by atoms with Gasteiger partial charge in [-0.3, -0.25) is 9.78 Å². The number of amides is 1. The van der Waals surface area contributed by atoms with Crippen molar-refractivity contribution in [3.05, 3.63) is 83.7 Å². The number of rotatable bonds is 5. The summed E-state index contributed by atoms with van der Waals surface area (Å²) in [6.07, 6.45) is 2.13. The predicted molar refractivity (Wildman–Crippen MR) is 160 cm³/mol. The van der Waals surface area contributed by atoms with Crippen LogP contribution in [0.25, 0.3) is 22.3 Å². The van der Waals surface area contributed by atoms with E-state index < -0.39 is 5.92 Å². The van der Waals surface area contributed by atoms with Crippen molar-refractivity contribution in [3.63, 3.8) is 0 Å². The third kappa shape index (κ3) is 7.63. The quantitative estimate of drug-likeness (QED) is 0.340. The molecule has 2 unspecified atom stereocenters. The summed E-state index contributed by atoms with van der Waals surface area (Å²) >= 11 is 0. The number of nitrogens with one attached hydrogen (secondary N) is 2. The zero-order valence-electron chi connectivity index (χ0n) is 24.1. The molecular formula is C32H36F2N6O2. The molecule has 2 aliphatic rings. The number of carbonyl (C=O) groups excluding carboxylic acids is 1. The molecule has 1 aromatic carbocycles. The Labute approximate surface area is 244 Å². The van der Waals surface area contributed by atoms with E-state index in [1.807, 2.05) is 67.6 Å². The number of benzene rings is 1. The van der Waals surface area contributed by atoms with Gasteiger partial charge in [-0.15, -0.1) is 0 Å². The summed E-state index contributed by atoms with van der Waals surface area (Å²) in [6, 6.07) is 19.4. The lowest BCUT2D eigenvalue weighted by Crippen LogP contribution is -2.45. The highest BCUT2D eigenvalue weighted by atomic mass is 19.3. The van der Waals surface area contributed by atoms with Crippen LogP contribution in [0.2, 0.25) is 0 Å². The van der Waals surface area contributed by atoms with Gasteiger partial charge in [0.2, 0.25) is 0 Å². The number of carbonyl (C=O) groups is 1. The number of hydrogen-bond donors (Lipinski definition) is 2. The van der Waals surface area contributed by atoms with Crippen molar-refractivity contribution in [3.8, 4) is 11.4 Å². The van der Waals surface area contributed by atoms with Crippen molar-refractivity contribution in [2.75, 3.05) is 31.1 Å². The van der Waals surface area contributed by atoms with Crippen LogP contribution >= 0.6 is 0 Å². The Morgan fingerprint density at radius 3 is 2.45 bits per heavy atom. The van der Waals surface area contributed by atoms with Crippen LogP contribution in [0, 0.1) is 6.92 Å². The number of pyridine rings is 3. The number of aryl methyl sites for hydroxylation is 1. The predicted octanol–water partition coefficient (Wildman–Crippen LogP) is 5.16. The van der Waals surface area contributed by atoms with E-state index in [9.17, 15) is 13.6 Å². The summed E-state index contributed by atoms with van der Waals surface area (Å²) < 4.78 is 29.6. The first-order chi connectivity index (χ1) is 20.1. The van der Waals surface area contributed by atoms with E-state index in [2.05, 4.69) is 34.4 Å². The minimum atomic E-state index is -2.42. The van der Waals surface area contributed by atoms with Gasteiger partial charge in [-0.2, -0.15) is 0 Å². The number of hydrogen-bond acceptors (Lipinski definition) is 7. The monoisotopic (exact) mass is 574 g/mol. The molecule has 2 atom stereocenters. The first-order valence-corrected chi connectivity index (χ1v) is 14.2. The van der Waals surface area contributed by atoms with Gasteiger partial charge in [-0.25, -0.2) is 18.7 Å². The van der Waals surface area contributed by atoms with Crippen LogP contribution in [0.4, 0.5) is 14.6 Å². The van der Waals surface area contributed by atoms with Crippen LogP contribution in [-0.2, 0) is 11.3 Å². The molecule has 0 bridgehead atoms. The van der Waals surface area contributed by atoms with Gasteiger partial charge in [0, 0.05) is 43.2 Å². The summed E-state index contributed by atoms with van der Waals surface area (Å²) in [4.78, 5) is 29.0. The molecule has 2 saturated heterocycles. The molecule has 3 aromatic heterocycles. The van der Waals surface area contributed by atoms with Gasteiger partial charge in [0.1, 0.15) is 5.82 Å². The number of halogens is 2. The van der Waals surface area contributed by atoms with Crippen molar-refractivity contribution >= 4 is 22.6 Å². The molecule has 1 amide bonds. The highest BCUT2D eigenvalue weighted by Crippen LogP contribution is 2.24. The van der Waals surface area contributed by atoms with Gasteiger partial charge >= 0.3 is 0 Å². The van der Waals surface area contributed by atoms with E-state index in [1.54, 1.807) is 6.20 Å². The number of nitrogens with zero attached hydrogens (tertiary/aromatic N) is 4. The first-order valence-electron chi connectivity index (χ1n) is 14.2. The van der Waals surface area contributed by atoms with Crippen LogP contribution < -0.4 is 15.5 Å². The van der Waals surface area contributed by atoms with Gasteiger partial charge in [-0.1, -0.05) is 23.8 Å². The molecule has 6 rings (SSSR count). The largest absolute Gasteiger partial charge is 0.372 e. The average molecular weight is 575 g/mol. The minimum Gasteiger partial charge on any atom is -0.372 e. The van der Waals surface area contributed by atoms with Gasteiger partial charge in [0.15, 0.2) is 0 Å². The van der Waals surface area contributed by atoms with Gasteiger partial charge in [0.25, 0.3) is 11.8 Å². The molecule has 0 aliphatic carbocycles. The maximum Gasteiger partial charge on any atom is 0.261 e. The molecular weight excluding hydrogens is 538 g/mol. The Morgan fingerprint density at radius 1 is 1.05 bits per heavy atom. The fourth-order valence-electron chi connectivity index (χ4n) is 5.01. The maximum atomic E-state index is 12.5. The highest BCUT2D eigenvalue weighted by molar-refractivity contribution is 5.94. The van der Waals surface area contributed by atoms with E-state index >= 15 is 0 Å². The summed E-state index contributed by atoms with van der Waals surface area (Å²) in [5.41, 5.74) is 4.94. The lowest BCUT2D eigenvalue weighted by molar-refractivity contribution is -0.00546. The summed E-state index contributed by atoms with van der Waals surface area (Å²) in [6.45, 7) is 8.47. The molecule has 2 aliphatic heterocycles. The number of alkyl halides is 2. The summed E-state index contributed by atoms with van der Waals surface area (Å²) in [5.74, 6) is -1.61. The Kier molecular flexibility index (Phi) is 9.03. The van der Waals surface area contributed by atoms with Crippen molar-refractivity contribution in [1.82, 2.24) is 25.6 Å². The third-order valence-corrected chi connectivity index (χ3v) is 7.17. The molecule has 5 heterocycles. The van der Waals surface area contributed by atoms with E-state index in [4.69, 9.17) is 14.7 Å². The molecule has 4 aromatic rings. The van der Waals surface area contributed by atoms with Crippen LogP contribution in [-0.4, -0.2) is 65.2 Å². The Morgan fingerprint density at radius 2 is 1.79 bits per heavy atom. The van der Waals surface area contributed by atoms with Crippen LogP contribution in [0.5, 0.6) is 0 Å². The highest BCUT2D eigenvalue weighted by Gasteiger charge is 2.32. The minimum absolute atomic E-state index is 0.00694. The van der Waals surface area contributed by atoms with Gasteiger partial charge in [0.05, 0.1) is 47.9 Å². The summed E-state index contributed by atoms with van der Waals surface area (Å²) in [5, 5.41) is 6.44. The number of ether oxygens (including phenoxy) is 1. The maximum absolute atomic E-state index is 12.5. The SMILES string of the molecule is Cc1ccc(C(=O)NCc2cc3nc(-c4cccc(N5CC(C)OC(C)C5)n4)ccc3cn2)cc1.FC1(F)CCNC1. The van der Waals surface area contributed by atoms with E-state index in [0.717, 1.165) is 52.5 Å². The lowest BCUT2D eigenvalue weighted by atomic mass is 10.1. The molecule has 2 N–H and O–H groups in total. The van der Waals surface area contributed by atoms with E-state index in [0.29, 0.717) is 18.7 Å². The molecule has 8 nitrogen and oxygen atoms in total. The standard InChI is InChI=1S/C28H29N5O2.C4H7F2N/c1-18-7-9-21(10-8-18)28(34)30-15-23-13-26-22(14-29-23)11-12-25(31-26)24-5-4-6-27(32-24)33-16-19(2)35-20(3)17-33;5-4(6)1-2-7-3-4/h4-14,19-20H,15-17H2,1-3H3,(H,30,34);7H,1-3H2. The average Bonchev–Trinajstić information content (AvgIpc) is 3.39. The third-order valence-electron chi connectivity index (χ3n) is 7.17.